The van der Waals surface area contributed by atoms with E-state index in [1.165, 1.54) is 19.8 Å². The van der Waals surface area contributed by atoms with E-state index in [4.69, 9.17) is 18.6 Å². The van der Waals surface area contributed by atoms with E-state index in [-0.39, 0.29) is 24.6 Å². The van der Waals surface area contributed by atoms with E-state index in [1.54, 1.807) is 4.90 Å². The SMILES string of the molecule is COC(=O)C1=C(C(=O)OC)N(c2ccc3oc4c(c3c2)CCCC4)COC1. The fraction of sp³-hybridized carbons (Fsp3) is 0.400. The molecule has 1 aliphatic heterocycles. The van der Waals surface area contributed by atoms with Gasteiger partial charge in [-0.05, 0) is 37.5 Å². The molecule has 7 heteroatoms. The maximum absolute atomic E-state index is 12.4. The summed E-state index contributed by atoms with van der Waals surface area (Å²) in [6, 6.07) is 5.73. The molecule has 4 rings (SSSR count). The van der Waals surface area contributed by atoms with Crippen LogP contribution in [-0.2, 0) is 36.6 Å². The Balaban J connectivity index is 1.83. The number of anilines is 1. The van der Waals surface area contributed by atoms with Gasteiger partial charge in [-0.3, -0.25) is 0 Å². The molecule has 0 amide bonds. The molecule has 0 saturated carbocycles. The van der Waals surface area contributed by atoms with Gasteiger partial charge in [0.25, 0.3) is 0 Å². The molecule has 0 atom stereocenters. The summed E-state index contributed by atoms with van der Waals surface area (Å²) in [6.07, 6.45) is 4.21. The predicted octanol–water partition coefficient (Wildman–Crippen LogP) is 2.71. The van der Waals surface area contributed by atoms with Gasteiger partial charge in [0.2, 0.25) is 0 Å². The third-order valence-corrected chi connectivity index (χ3v) is 5.08. The number of benzene rings is 1. The third kappa shape index (κ3) is 2.98. The highest BCUT2D eigenvalue weighted by molar-refractivity contribution is 6.03. The van der Waals surface area contributed by atoms with Crippen molar-refractivity contribution in [2.75, 3.05) is 32.5 Å². The molecule has 142 valence electrons. The lowest BCUT2D eigenvalue weighted by Gasteiger charge is -2.31. The number of fused-ring (bicyclic) bond motifs is 3. The summed E-state index contributed by atoms with van der Waals surface area (Å²) in [5.41, 5.74) is 3.09. The van der Waals surface area contributed by atoms with Gasteiger partial charge in [0.05, 0.1) is 26.4 Å². The van der Waals surface area contributed by atoms with Gasteiger partial charge in [-0.2, -0.15) is 0 Å². The van der Waals surface area contributed by atoms with Crippen molar-refractivity contribution in [2.45, 2.75) is 25.7 Å². The molecule has 1 aromatic carbocycles. The van der Waals surface area contributed by atoms with Crippen LogP contribution < -0.4 is 4.90 Å². The summed E-state index contributed by atoms with van der Waals surface area (Å²) in [4.78, 5) is 26.2. The fourth-order valence-electron chi connectivity index (χ4n) is 3.77. The Kier molecular flexibility index (Phi) is 4.61. The summed E-state index contributed by atoms with van der Waals surface area (Å²) >= 11 is 0. The molecule has 1 aromatic heterocycles. The summed E-state index contributed by atoms with van der Waals surface area (Å²) in [5, 5.41) is 1.04. The molecule has 1 aliphatic carbocycles. The van der Waals surface area contributed by atoms with Crippen molar-refractivity contribution in [3.8, 4) is 0 Å². The smallest absolute Gasteiger partial charge is 0.355 e. The molecule has 7 nitrogen and oxygen atoms in total. The number of esters is 2. The number of aryl methyl sites for hydroxylation is 2. The number of carbonyl (C=O) groups excluding carboxylic acids is 2. The van der Waals surface area contributed by atoms with Gasteiger partial charge in [0.1, 0.15) is 23.8 Å². The number of nitrogens with zero attached hydrogens (tertiary/aromatic N) is 1. The molecule has 2 heterocycles. The molecule has 2 aliphatic rings. The van der Waals surface area contributed by atoms with E-state index in [0.29, 0.717) is 0 Å². The van der Waals surface area contributed by atoms with Crippen LogP contribution in [0.5, 0.6) is 0 Å². The Morgan fingerprint density at radius 2 is 1.85 bits per heavy atom. The Bertz CT molecular complexity index is 941. The van der Waals surface area contributed by atoms with Crippen LogP contribution in [0.3, 0.4) is 0 Å². The molecule has 0 unspecified atom stereocenters. The number of hydrogen-bond acceptors (Lipinski definition) is 7. The minimum atomic E-state index is -0.609. The molecule has 0 radical (unpaired) electrons. The van der Waals surface area contributed by atoms with Gasteiger partial charge in [0.15, 0.2) is 0 Å². The van der Waals surface area contributed by atoms with Crippen LogP contribution in [0.25, 0.3) is 11.0 Å². The lowest BCUT2D eigenvalue weighted by molar-refractivity contribution is -0.140. The van der Waals surface area contributed by atoms with Gasteiger partial charge in [-0.1, -0.05) is 0 Å². The first-order valence-corrected chi connectivity index (χ1v) is 8.93. The molecule has 0 spiro atoms. The van der Waals surface area contributed by atoms with Crippen molar-refractivity contribution < 1.29 is 28.2 Å². The van der Waals surface area contributed by atoms with Gasteiger partial charge >= 0.3 is 11.9 Å². The monoisotopic (exact) mass is 371 g/mol. The number of carbonyl (C=O) groups is 2. The van der Waals surface area contributed by atoms with Crippen LogP contribution in [0.4, 0.5) is 5.69 Å². The summed E-state index contributed by atoms with van der Waals surface area (Å²) in [6.45, 7) is 0.132. The quantitative estimate of drug-likeness (QED) is 0.768. The van der Waals surface area contributed by atoms with E-state index in [9.17, 15) is 9.59 Å². The number of rotatable bonds is 3. The highest BCUT2D eigenvalue weighted by atomic mass is 16.5. The number of methoxy groups -OCH3 is 2. The Morgan fingerprint density at radius 1 is 1.07 bits per heavy atom. The number of furan rings is 1. The van der Waals surface area contributed by atoms with Crippen molar-refractivity contribution in [1.82, 2.24) is 0 Å². The van der Waals surface area contributed by atoms with Crippen molar-refractivity contribution in [3.05, 3.63) is 40.8 Å². The van der Waals surface area contributed by atoms with Crippen LogP contribution in [0, 0.1) is 0 Å². The molecule has 27 heavy (non-hydrogen) atoms. The van der Waals surface area contributed by atoms with Crippen LogP contribution in [0.15, 0.2) is 33.9 Å². The molecule has 2 aromatic rings. The molecular weight excluding hydrogens is 350 g/mol. The molecule has 0 saturated heterocycles. The average molecular weight is 371 g/mol. The summed E-state index contributed by atoms with van der Waals surface area (Å²) < 4.78 is 21.2. The molecule has 0 N–H and O–H groups in total. The predicted molar refractivity (Wildman–Crippen MR) is 97.2 cm³/mol. The maximum atomic E-state index is 12.4. The Hall–Kier alpha value is -2.80. The van der Waals surface area contributed by atoms with Crippen LogP contribution >= 0.6 is 0 Å². The first kappa shape index (κ1) is 17.6. The van der Waals surface area contributed by atoms with E-state index in [0.717, 1.165) is 48.1 Å². The Labute approximate surface area is 156 Å². The van der Waals surface area contributed by atoms with Crippen LogP contribution in [0.1, 0.15) is 24.2 Å². The Morgan fingerprint density at radius 3 is 2.63 bits per heavy atom. The van der Waals surface area contributed by atoms with E-state index >= 15 is 0 Å². The second kappa shape index (κ2) is 7.08. The third-order valence-electron chi connectivity index (χ3n) is 5.08. The topological polar surface area (TPSA) is 78.2 Å². The molecule has 0 bridgehead atoms. The van der Waals surface area contributed by atoms with E-state index in [2.05, 4.69) is 0 Å². The van der Waals surface area contributed by atoms with Gasteiger partial charge < -0.3 is 23.5 Å². The first-order valence-electron chi connectivity index (χ1n) is 8.93. The van der Waals surface area contributed by atoms with E-state index in [1.807, 2.05) is 18.2 Å². The highest BCUT2D eigenvalue weighted by Crippen LogP contribution is 2.36. The van der Waals surface area contributed by atoms with Crippen molar-refractivity contribution in [1.29, 1.82) is 0 Å². The minimum absolute atomic E-state index is 0.00302. The zero-order chi connectivity index (χ0) is 19.0. The lowest BCUT2D eigenvalue weighted by atomic mass is 9.96. The van der Waals surface area contributed by atoms with Gasteiger partial charge in [-0.15, -0.1) is 0 Å². The lowest BCUT2D eigenvalue weighted by Crippen LogP contribution is -2.38. The van der Waals surface area contributed by atoms with E-state index < -0.39 is 11.9 Å². The normalized spacial score (nSPS) is 17.0. The first-order chi connectivity index (χ1) is 13.1. The number of ether oxygens (including phenoxy) is 3. The summed E-state index contributed by atoms with van der Waals surface area (Å²) in [5.74, 6) is -0.169. The minimum Gasteiger partial charge on any atom is -0.466 e. The zero-order valence-corrected chi connectivity index (χ0v) is 15.4. The average Bonchev–Trinajstić information content (AvgIpc) is 3.09. The van der Waals surface area contributed by atoms with Crippen molar-refractivity contribution >= 4 is 28.6 Å². The van der Waals surface area contributed by atoms with Gasteiger partial charge in [-0.25, -0.2) is 9.59 Å². The standard InChI is InChI=1S/C20H21NO6/c1-24-19(22)15-10-26-11-21(18(15)20(23)25-2)12-7-8-17-14(9-12)13-5-3-4-6-16(13)27-17/h7-9H,3-6,10-11H2,1-2H3. The second-order valence-corrected chi connectivity index (χ2v) is 6.61. The maximum Gasteiger partial charge on any atom is 0.355 e. The van der Waals surface area contributed by atoms with Crippen LogP contribution in [0.2, 0.25) is 0 Å². The molecule has 0 fully saturated rings. The summed E-state index contributed by atoms with van der Waals surface area (Å²) in [7, 11) is 2.56. The largest absolute Gasteiger partial charge is 0.466 e. The zero-order valence-electron chi connectivity index (χ0n) is 15.4. The van der Waals surface area contributed by atoms with Crippen molar-refractivity contribution in [2.24, 2.45) is 0 Å². The highest BCUT2D eigenvalue weighted by Gasteiger charge is 2.32. The van der Waals surface area contributed by atoms with Crippen molar-refractivity contribution in [3.63, 3.8) is 0 Å². The number of hydrogen-bond donors (Lipinski definition) is 0. The molecular formula is C20H21NO6. The van der Waals surface area contributed by atoms with Gasteiger partial charge in [0, 0.05) is 23.1 Å². The fourth-order valence-corrected chi connectivity index (χ4v) is 3.77. The van der Waals surface area contributed by atoms with Crippen LogP contribution in [-0.4, -0.2) is 39.5 Å². The second-order valence-electron chi connectivity index (χ2n) is 6.61.